The number of nitrogens with zero attached hydrogens (tertiary/aromatic N) is 3. The zero-order chi connectivity index (χ0) is 22.7. The van der Waals surface area contributed by atoms with Crippen LogP contribution in [-0.2, 0) is 0 Å². The average molecular weight is 439 g/mol. The van der Waals surface area contributed by atoms with Gasteiger partial charge >= 0.3 is 0 Å². The largest absolute Gasteiger partial charge is 0.493 e. The molecule has 0 radical (unpaired) electrons. The number of ether oxygens (including phenoxy) is 4. The van der Waals surface area contributed by atoms with Crippen molar-refractivity contribution in [3.63, 3.8) is 0 Å². The molecule has 1 aromatic heterocycles. The van der Waals surface area contributed by atoms with Crippen molar-refractivity contribution < 1.29 is 28.3 Å². The number of carbonyl (C=O) groups excluding carboxylic acids is 1. The van der Waals surface area contributed by atoms with E-state index in [1.807, 2.05) is 6.07 Å². The van der Waals surface area contributed by atoms with Crippen LogP contribution in [0.1, 0.15) is 35.1 Å². The molecule has 168 valence electrons. The number of carbonyl (C=O) groups is 1. The molecule has 1 atom stereocenters. The molecule has 9 heteroatoms. The highest BCUT2D eigenvalue weighted by molar-refractivity contribution is 5.95. The Morgan fingerprint density at radius 3 is 2.28 bits per heavy atom. The van der Waals surface area contributed by atoms with Crippen LogP contribution in [0.15, 0.2) is 40.9 Å². The van der Waals surface area contributed by atoms with Crippen LogP contribution < -0.4 is 18.9 Å². The van der Waals surface area contributed by atoms with Crippen molar-refractivity contribution in [1.29, 1.82) is 0 Å². The maximum atomic E-state index is 13.2. The first kappa shape index (κ1) is 21.5. The predicted octanol–water partition coefficient (Wildman–Crippen LogP) is 3.75. The van der Waals surface area contributed by atoms with Crippen molar-refractivity contribution in [2.45, 2.75) is 18.9 Å². The van der Waals surface area contributed by atoms with Gasteiger partial charge in [-0.3, -0.25) is 4.79 Å². The Morgan fingerprint density at radius 1 is 0.938 bits per heavy atom. The van der Waals surface area contributed by atoms with Gasteiger partial charge in [-0.15, -0.1) is 0 Å². The van der Waals surface area contributed by atoms with Gasteiger partial charge < -0.3 is 28.4 Å². The van der Waals surface area contributed by atoms with Gasteiger partial charge in [-0.25, -0.2) is 0 Å². The lowest BCUT2D eigenvalue weighted by atomic mass is 10.1. The third-order valence-corrected chi connectivity index (χ3v) is 5.51. The molecule has 2 heterocycles. The zero-order valence-corrected chi connectivity index (χ0v) is 18.5. The van der Waals surface area contributed by atoms with Gasteiger partial charge in [0.1, 0.15) is 6.04 Å². The van der Waals surface area contributed by atoms with Crippen LogP contribution >= 0.6 is 0 Å². The van der Waals surface area contributed by atoms with Gasteiger partial charge in [0.15, 0.2) is 23.0 Å². The fourth-order valence-corrected chi connectivity index (χ4v) is 3.86. The average Bonchev–Trinajstić information content (AvgIpc) is 3.52. The highest BCUT2D eigenvalue weighted by Crippen LogP contribution is 2.36. The second kappa shape index (κ2) is 9.17. The Morgan fingerprint density at radius 2 is 1.59 bits per heavy atom. The number of hydrogen-bond donors (Lipinski definition) is 0. The lowest BCUT2D eigenvalue weighted by Gasteiger charge is -2.22. The first-order valence-corrected chi connectivity index (χ1v) is 10.2. The summed E-state index contributed by atoms with van der Waals surface area (Å²) in [6.07, 6.45) is 1.59. The van der Waals surface area contributed by atoms with Gasteiger partial charge in [-0.2, -0.15) is 4.98 Å². The summed E-state index contributed by atoms with van der Waals surface area (Å²) < 4.78 is 26.8. The Kier molecular flexibility index (Phi) is 6.16. The summed E-state index contributed by atoms with van der Waals surface area (Å²) in [5, 5.41) is 4.12. The van der Waals surface area contributed by atoms with Crippen LogP contribution in [0.2, 0.25) is 0 Å². The fourth-order valence-electron chi connectivity index (χ4n) is 3.86. The normalized spacial score (nSPS) is 15.5. The summed E-state index contributed by atoms with van der Waals surface area (Å²) in [5.41, 5.74) is 1.24. The number of aromatic nitrogens is 2. The summed E-state index contributed by atoms with van der Waals surface area (Å²) >= 11 is 0. The maximum Gasteiger partial charge on any atom is 0.254 e. The minimum atomic E-state index is -0.294. The van der Waals surface area contributed by atoms with Gasteiger partial charge in [0.05, 0.1) is 28.4 Å². The van der Waals surface area contributed by atoms with E-state index < -0.39 is 0 Å². The number of likely N-dealkylation sites (tertiary alicyclic amines) is 1. The Hall–Kier alpha value is -3.75. The highest BCUT2D eigenvalue weighted by atomic mass is 16.5. The first-order valence-electron chi connectivity index (χ1n) is 10.2. The molecule has 0 saturated carbocycles. The van der Waals surface area contributed by atoms with Crippen LogP contribution in [0.4, 0.5) is 0 Å². The van der Waals surface area contributed by atoms with Crippen LogP contribution in [0.25, 0.3) is 11.4 Å². The standard InChI is InChI=1S/C23H25N3O6/c1-28-17-9-7-14(12-19(17)30-3)21-24-22(32-25-21)16-6-5-11-26(16)23(27)15-8-10-18(29-2)20(13-15)31-4/h7-10,12-13,16H,5-6,11H2,1-4H3. The van der Waals surface area contributed by atoms with Gasteiger partial charge in [-0.05, 0) is 49.2 Å². The molecule has 0 bridgehead atoms. The number of benzene rings is 2. The highest BCUT2D eigenvalue weighted by Gasteiger charge is 2.35. The van der Waals surface area contributed by atoms with E-state index in [1.54, 1.807) is 63.7 Å². The molecule has 1 aliphatic heterocycles. The molecule has 3 aromatic rings. The molecule has 1 unspecified atom stereocenters. The molecule has 32 heavy (non-hydrogen) atoms. The third-order valence-electron chi connectivity index (χ3n) is 5.51. The smallest absolute Gasteiger partial charge is 0.254 e. The summed E-state index contributed by atoms with van der Waals surface area (Å²) in [4.78, 5) is 19.6. The van der Waals surface area contributed by atoms with E-state index in [0.29, 0.717) is 46.8 Å². The van der Waals surface area contributed by atoms with Crippen LogP contribution in [0, 0.1) is 0 Å². The number of rotatable bonds is 7. The molecule has 1 amide bonds. The quantitative estimate of drug-likeness (QED) is 0.549. The lowest BCUT2D eigenvalue weighted by Crippen LogP contribution is -2.30. The van der Waals surface area contributed by atoms with E-state index in [0.717, 1.165) is 18.4 Å². The number of methoxy groups -OCH3 is 4. The minimum Gasteiger partial charge on any atom is -0.493 e. The molecule has 2 aromatic carbocycles. The summed E-state index contributed by atoms with van der Waals surface area (Å²) in [6.45, 7) is 0.603. The Bertz CT molecular complexity index is 1110. The van der Waals surface area contributed by atoms with E-state index in [9.17, 15) is 4.79 Å². The Labute approximate surface area is 185 Å². The fraction of sp³-hybridized carbons (Fsp3) is 0.348. The molecular weight excluding hydrogens is 414 g/mol. The van der Waals surface area contributed by atoms with E-state index in [4.69, 9.17) is 23.5 Å². The van der Waals surface area contributed by atoms with Crippen LogP contribution in [0.3, 0.4) is 0 Å². The first-order chi connectivity index (χ1) is 15.6. The molecule has 1 aliphatic rings. The topological polar surface area (TPSA) is 96.2 Å². The van der Waals surface area contributed by atoms with E-state index in [-0.39, 0.29) is 11.9 Å². The monoisotopic (exact) mass is 439 g/mol. The SMILES string of the molecule is COc1ccc(C(=O)N2CCCC2c2nc(-c3ccc(OC)c(OC)c3)no2)cc1OC. The van der Waals surface area contributed by atoms with E-state index in [1.165, 1.54) is 0 Å². The molecule has 1 fully saturated rings. The summed E-state index contributed by atoms with van der Waals surface area (Å²) in [7, 11) is 6.24. The molecule has 0 aliphatic carbocycles. The van der Waals surface area contributed by atoms with Gasteiger partial charge in [0, 0.05) is 17.7 Å². The zero-order valence-electron chi connectivity index (χ0n) is 18.5. The van der Waals surface area contributed by atoms with Crippen LogP contribution in [-0.4, -0.2) is 55.9 Å². The molecule has 4 rings (SSSR count). The predicted molar refractivity (Wildman–Crippen MR) is 115 cm³/mol. The summed E-state index contributed by atoms with van der Waals surface area (Å²) in [5.74, 6) is 2.96. The van der Waals surface area contributed by atoms with Crippen molar-refractivity contribution in [3.05, 3.63) is 47.9 Å². The molecule has 0 N–H and O–H groups in total. The van der Waals surface area contributed by atoms with Gasteiger partial charge in [-0.1, -0.05) is 5.16 Å². The molecule has 1 saturated heterocycles. The number of hydrogen-bond acceptors (Lipinski definition) is 8. The Balaban J connectivity index is 1.58. The minimum absolute atomic E-state index is 0.126. The van der Waals surface area contributed by atoms with Gasteiger partial charge in [0.2, 0.25) is 11.7 Å². The number of amides is 1. The van der Waals surface area contributed by atoms with Crippen molar-refractivity contribution in [3.8, 4) is 34.4 Å². The summed E-state index contributed by atoms with van der Waals surface area (Å²) in [6, 6.07) is 10.2. The molecule has 9 nitrogen and oxygen atoms in total. The lowest BCUT2D eigenvalue weighted by molar-refractivity contribution is 0.0709. The van der Waals surface area contributed by atoms with Crippen molar-refractivity contribution in [2.75, 3.05) is 35.0 Å². The molecule has 0 spiro atoms. The van der Waals surface area contributed by atoms with E-state index in [2.05, 4.69) is 10.1 Å². The van der Waals surface area contributed by atoms with Crippen molar-refractivity contribution in [2.24, 2.45) is 0 Å². The van der Waals surface area contributed by atoms with E-state index >= 15 is 0 Å². The second-order valence-corrected chi connectivity index (χ2v) is 7.25. The maximum absolute atomic E-state index is 13.2. The van der Waals surface area contributed by atoms with Crippen molar-refractivity contribution >= 4 is 5.91 Å². The third kappa shape index (κ3) is 3.93. The molecular formula is C23H25N3O6. The second-order valence-electron chi connectivity index (χ2n) is 7.25. The van der Waals surface area contributed by atoms with Crippen molar-refractivity contribution in [1.82, 2.24) is 15.0 Å². The van der Waals surface area contributed by atoms with Crippen LogP contribution in [0.5, 0.6) is 23.0 Å². The van der Waals surface area contributed by atoms with Gasteiger partial charge in [0.25, 0.3) is 5.91 Å².